The number of ether oxygens (including phenoxy) is 1. The third-order valence-electron chi connectivity index (χ3n) is 2.47. The van der Waals surface area contributed by atoms with Gasteiger partial charge in [-0.15, -0.1) is 0 Å². The Kier molecular flexibility index (Phi) is 5.27. The number of halogens is 1. The molecule has 0 N–H and O–H groups in total. The molecule has 5 nitrogen and oxygen atoms in total. The number of pyridine rings is 1. The van der Waals surface area contributed by atoms with Crippen molar-refractivity contribution in [1.29, 1.82) is 0 Å². The average Bonchev–Trinajstić information content (AvgIpc) is 2.37. The Morgan fingerprint density at radius 3 is 2.67 bits per heavy atom. The van der Waals surface area contributed by atoms with Crippen LogP contribution in [0.3, 0.4) is 0 Å². The Morgan fingerprint density at radius 2 is 2.17 bits per heavy atom. The molecular formula is C12H15BrN2O3. The zero-order valence-corrected chi connectivity index (χ0v) is 12.1. The van der Waals surface area contributed by atoms with E-state index >= 15 is 0 Å². The van der Waals surface area contributed by atoms with Crippen LogP contribution in [0.1, 0.15) is 17.3 Å². The molecule has 1 aromatic rings. The van der Waals surface area contributed by atoms with Crippen molar-refractivity contribution in [3.8, 4) is 0 Å². The first-order valence-electron chi connectivity index (χ1n) is 5.40. The van der Waals surface area contributed by atoms with Crippen molar-refractivity contribution in [3.63, 3.8) is 0 Å². The van der Waals surface area contributed by atoms with E-state index in [4.69, 9.17) is 0 Å². The van der Waals surface area contributed by atoms with Crippen LogP contribution in [0.2, 0.25) is 0 Å². The van der Waals surface area contributed by atoms with Gasteiger partial charge in [-0.2, -0.15) is 0 Å². The molecule has 0 aliphatic rings. The maximum absolute atomic E-state index is 12.0. The first kappa shape index (κ1) is 14.6. The van der Waals surface area contributed by atoms with E-state index in [9.17, 15) is 9.59 Å². The number of esters is 1. The Hall–Kier alpha value is -1.43. The van der Waals surface area contributed by atoms with Crippen molar-refractivity contribution in [3.05, 3.63) is 28.5 Å². The van der Waals surface area contributed by atoms with Gasteiger partial charge >= 0.3 is 5.97 Å². The standard InChI is InChI=1S/C12H15BrN2O3/c1-8(12(17)18-3)7-15(2)11(16)9-4-5-10(13)14-6-9/h4-6,8H,7H2,1-3H3. The Morgan fingerprint density at radius 1 is 1.50 bits per heavy atom. The van der Waals surface area contributed by atoms with Crippen LogP contribution in [0.25, 0.3) is 0 Å². The van der Waals surface area contributed by atoms with Gasteiger partial charge in [0.25, 0.3) is 5.91 Å². The minimum Gasteiger partial charge on any atom is -0.469 e. The van der Waals surface area contributed by atoms with Gasteiger partial charge in [0.1, 0.15) is 4.60 Å². The minimum atomic E-state index is -0.354. The molecule has 1 atom stereocenters. The SMILES string of the molecule is COC(=O)C(C)CN(C)C(=O)c1ccc(Br)nc1. The van der Waals surface area contributed by atoms with Gasteiger partial charge in [-0.1, -0.05) is 6.92 Å². The number of methoxy groups -OCH3 is 1. The third-order valence-corrected chi connectivity index (χ3v) is 2.94. The molecule has 18 heavy (non-hydrogen) atoms. The number of amides is 1. The predicted octanol–water partition coefficient (Wildman–Crippen LogP) is 1.73. The molecule has 0 fully saturated rings. The van der Waals surface area contributed by atoms with Crippen LogP contribution in [0.4, 0.5) is 0 Å². The van der Waals surface area contributed by atoms with Gasteiger partial charge < -0.3 is 9.64 Å². The normalized spacial score (nSPS) is 11.8. The molecule has 1 heterocycles. The molecule has 0 saturated carbocycles. The summed E-state index contributed by atoms with van der Waals surface area (Å²) in [5, 5.41) is 0. The fourth-order valence-corrected chi connectivity index (χ4v) is 1.73. The van der Waals surface area contributed by atoms with Crippen LogP contribution < -0.4 is 0 Å². The summed E-state index contributed by atoms with van der Waals surface area (Å²) in [7, 11) is 2.98. The van der Waals surface area contributed by atoms with E-state index in [-0.39, 0.29) is 17.8 Å². The summed E-state index contributed by atoms with van der Waals surface area (Å²) in [5.41, 5.74) is 0.484. The van der Waals surface area contributed by atoms with E-state index in [2.05, 4.69) is 25.7 Å². The fourth-order valence-electron chi connectivity index (χ4n) is 1.49. The van der Waals surface area contributed by atoms with Gasteiger partial charge in [0.15, 0.2) is 0 Å². The van der Waals surface area contributed by atoms with Crippen LogP contribution in [-0.2, 0) is 9.53 Å². The molecule has 0 radical (unpaired) electrons. The highest BCUT2D eigenvalue weighted by atomic mass is 79.9. The summed E-state index contributed by atoms with van der Waals surface area (Å²) in [5.74, 6) is -0.860. The lowest BCUT2D eigenvalue weighted by Gasteiger charge is -2.20. The summed E-state index contributed by atoms with van der Waals surface area (Å²) in [6.07, 6.45) is 1.49. The Labute approximate surface area is 114 Å². The molecule has 0 aromatic carbocycles. The Bertz CT molecular complexity index is 433. The zero-order valence-electron chi connectivity index (χ0n) is 10.5. The lowest BCUT2D eigenvalue weighted by Crippen LogP contribution is -2.34. The van der Waals surface area contributed by atoms with Crippen molar-refractivity contribution in [1.82, 2.24) is 9.88 Å². The highest BCUT2D eigenvalue weighted by molar-refractivity contribution is 9.10. The average molecular weight is 315 g/mol. The highest BCUT2D eigenvalue weighted by Gasteiger charge is 2.19. The molecule has 0 spiro atoms. The number of carbonyl (C=O) groups is 2. The second-order valence-electron chi connectivity index (χ2n) is 3.98. The monoisotopic (exact) mass is 314 g/mol. The zero-order chi connectivity index (χ0) is 13.7. The van der Waals surface area contributed by atoms with E-state index < -0.39 is 0 Å². The molecule has 6 heteroatoms. The maximum Gasteiger partial charge on any atom is 0.310 e. The number of carbonyl (C=O) groups excluding carboxylic acids is 2. The minimum absolute atomic E-state index is 0.175. The molecule has 0 bridgehead atoms. The topological polar surface area (TPSA) is 59.5 Å². The molecule has 0 aliphatic heterocycles. The van der Waals surface area contributed by atoms with Crippen molar-refractivity contribution < 1.29 is 14.3 Å². The third kappa shape index (κ3) is 3.80. The van der Waals surface area contributed by atoms with E-state index in [0.29, 0.717) is 16.7 Å². The van der Waals surface area contributed by atoms with Gasteiger partial charge in [-0.25, -0.2) is 4.98 Å². The first-order chi connectivity index (χ1) is 8.45. The number of hydrogen-bond acceptors (Lipinski definition) is 4. The summed E-state index contributed by atoms with van der Waals surface area (Å²) in [4.78, 5) is 28.8. The number of hydrogen-bond donors (Lipinski definition) is 0. The highest BCUT2D eigenvalue weighted by Crippen LogP contribution is 2.09. The number of aromatic nitrogens is 1. The quantitative estimate of drug-likeness (QED) is 0.627. The lowest BCUT2D eigenvalue weighted by molar-refractivity contribution is -0.145. The number of nitrogens with zero attached hydrogens (tertiary/aromatic N) is 2. The Balaban J connectivity index is 2.67. The van der Waals surface area contributed by atoms with Crippen LogP contribution in [0, 0.1) is 5.92 Å². The van der Waals surface area contributed by atoms with E-state index in [1.807, 2.05) is 0 Å². The summed E-state index contributed by atoms with van der Waals surface area (Å²) < 4.78 is 5.29. The smallest absolute Gasteiger partial charge is 0.310 e. The maximum atomic E-state index is 12.0. The fraction of sp³-hybridized carbons (Fsp3) is 0.417. The summed E-state index contributed by atoms with van der Waals surface area (Å²) in [6, 6.07) is 3.38. The van der Waals surface area contributed by atoms with Gasteiger partial charge in [0.2, 0.25) is 0 Å². The molecule has 0 saturated heterocycles. The van der Waals surface area contributed by atoms with Gasteiger partial charge in [0, 0.05) is 19.8 Å². The van der Waals surface area contributed by atoms with Gasteiger partial charge in [0.05, 0.1) is 18.6 Å². The molecular weight excluding hydrogens is 300 g/mol. The largest absolute Gasteiger partial charge is 0.469 e. The van der Waals surface area contributed by atoms with Crippen molar-refractivity contribution in [2.75, 3.05) is 20.7 Å². The molecule has 1 rings (SSSR count). The van der Waals surface area contributed by atoms with Crippen molar-refractivity contribution >= 4 is 27.8 Å². The first-order valence-corrected chi connectivity index (χ1v) is 6.20. The van der Waals surface area contributed by atoms with Crippen molar-refractivity contribution in [2.45, 2.75) is 6.92 Å². The molecule has 0 aliphatic carbocycles. The number of rotatable bonds is 4. The van der Waals surface area contributed by atoms with Gasteiger partial charge in [-0.05, 0) is 28.1 Å². The lowest BCUT2D eigenvalue weighted by atomic mass is 10.1. The van der Waals surface area contributed by atoms with E-state index in [1.165, 1.54) is 18.2 Å². The van der Waals surface area contributed by atoms with Crippen LogP contribution in [0.15, 0.2) is 22.9 Å². The van der Waals surface area contributed by atoms with Gasteiger partial charge in [-0.3, -0.25) is 9.59 Å². The van der Waals surface area contributed by atoms with Crippen LogP contribution in [0.5, 0.6) is 0 Å². The predicted molar refractivity (Wildman–Crippen MR) is 70.1 cm³/mol. The molecule has 1 amide bonds. The van der Waals surface area contributed by atoms with Crippen LogP contribution in [-0.4, -0.2) is 42.5 Å². The summed E-state index contributed by atoms with van der Waals surface area (Å²) >= 11 is 3.20. The molecule has 1 unspecified atom stereocenters. The van der Waals surface area contributed by atoms with Crippen molar-refractivity contribution in [2.24, 2.45) is 5.92 Å². The molecule has 1 aromatic heterocycles. The molecule has 98 valence electrons. The second-order valence-corrected chi connectivity index (χ2v) is 4.79. The second kappa shape index (κ2) is 6.49. The van der Waals surface area contributed by atoms with E-state index in [0.717, 1.165) is 0 Å². The van der Waals surface area contributed by atoms with Crippen LogP contribution >= 0.6 is 15.9 Å². The summed E-state index contributed by atoms with van der Waals surface area (Å²) in [6.45, 7) is 2.02. The van der Waals surface area contributed by atoms with E-state index in [1.54, 1.807) is 26.1 Å².